The topological polar surface area (TPSA) is 80.5 Å². The molecule has 3 rings (SSSR count). The molecule has 1 amide bonds. The summed E-state index contributed by atoms with van der Waals surface area (Å²) in [6, 6.07) is 11.6. The Kier molecular flexibility index (Phi) is 5.86. The third-order valence-electron chi connectivity index (χ3n) is 4.46. The van der Waals surface area contributed by atoms with Crippen LogP contribution in [-0.2, 0) is 17.9 Å². The molecule has 1 aromatic heterocycles. The molecule has 0 bridgehead atoms. The molecule has 0 radical (unpaired) electrons. The molecule has 1 aliphatic rings. The lowest BCUT2D eigenvalue weighted by Crippen LogP contribution is -2.39. The van der Waals surface area contributed by atoms with E-state index in [4.69, 9.17) is 10.5 Å². The number of nitrogens with one attached hydrogen (secondary N) is 1. The molecule has 6 heteroatoms. The number of benzene rings is 1. The fourth-order valence-electron chi connectivity index (χ4n) is 3.01. The van der Waals surface area contributed by atoms with Crippen molar-refractivity contribution in [1.29, 1.82) is 0 Å². The number of nitrogens with zero attached hydrogens (tertiary/aromatic N) is 2. The molecule has 1 aromatic carbocycles. The van der Waals surface area contributed by atoms with Crippen LogP contribution < -0.4 is 15.8 Å². The number of pyridine rings is 1. The monoisotopic (exact) mass is 352 g/mol. The van der Waals surface area contributed by atoms with Crippen LogP contribution in [0.3, 0.4) is 0 Å². The van der Waals surface area contributed by atoms with E-state index in [9.17, 15) is 4.79 Å². The van der Waals surface area contributed by atoms with Crippen LogP contribution in [0.2, 0.25) is 0 Å². The standard InChI is InChI=1S/C20H24N4O2/c1-26-17-6-2-4-15(10-17)12-23-20(25)18-14-24(9-7-19(18)21)13-16-5-3-8-22-11-16/h2-6,8,10-11H,7,9,12-14,21H2,1H3,(H,23,25). The second-order valence-electron chi connectivity index (χ2n) is 6.36. The average molecular weight is 352 g/mol. The van der Waals surface area contributed by atoms with Crippen LogP contribution in [0.15, 0.2) is 60.1 Å². The third kappa shape index (κ3) is 4.61. The van der Waals surface area contributed by atoms with E-state index in [-0.39, 0.29) is 5.91 Å². The van der Waals surface area contributed by atoms with E-state index >= 15 is 0 Å². The number of hydrogen-bond acceptors (Lipinski definition) is 5. The SMILES string of the molecule is COc1cccc(CNC(=O)C2=C(N)CCN(Cc3cccnc3)C2)c1. The first-order valence-electron chi connectivity index (χ1n) is 8.65. The van der Waals surface area contributed by atoms with Crippen LogP contribution in [-0.4, -0.2) is 36.0 Å². The first-order chi connectivity index (χ1) is 12.7. The van der Waals surface area contributed by atoms with Crippen molar-refractivity contribution in [1.82, 2.24) is 15.2 Å². The van der Waals surface area contributed by atoms with Crippen LogP contribution in [0.1, 0.15) is 17.5 Å². The van der Waals surface area contributed by atoms with Gasteiger partial charge in [-0.25, -0.2) is 0 Å². The summed E-state index contributed by atoms with van der Waals surface area (Å²) in [5.41, 5.74) is 9.56. The van der Waals surface area contributed by atoms with Crippen LogP contribution in [0.5, 0.6) is 5.75 Å². The molecule has 6 nitrogen and oxygen atoms in total. The lowest BCUT2D eigenvalue weighted by atomic mass is 10.0. The van der Waals surface area contributed by atoms with Gasteiger partial charge >= 0.3 is 0 Å². The van der Waals surface area contributed by atoms with Crippen molar-refractivity contribution in [3.05, 3.63) is 71.2 Å². The molecule has 136 valence electrons. The highest BCUT2D eigenvalue weighted by Gasteiger charge is 2.22. The van der Waals surface area contributed by atoms with Gasteiger partial charge in [0.2, 0.25) is 0 Å². The largest absolute Gasteiger partial charge is 0.497 e. The maximum atomic E-state index is 12.6. The van der Waals surface area contributed by atoms with Crippen molar-refractivity contribution in [3.8, 4) is 5.75 Å². The number of carbonyl (C=O) groups excluding carboxylic acids is 1. The summed E-state index contributed by atoms with van der Waals surface area (Å²) in [6.45, 7) is 2.58. The molecule has 2 heterocycles. The predicted molar refractivity (Wildman–Crippen MR) is 100 cm³/mol. The van der Waals surface area contributed by atoms with E-state index < -0.39 is 0 Å². The number of rotatable bonds is 6. The Labute approximate surface area is 153 Å². The van der Waals surface area contributed by atoms with E-state index in [2.05, 4.69) is 15.2 Å². The van der Waals surface area contributed by atoms with Gasteiger partial charge in [0.15, 0.2) is 0 Å². The minimum absolute atomic E-state index is 0.110. The molecule has 26 heavy (non-hydrogen) atoms. The summed E-state index contributed by atoms with van der Waals surface area (Å²) in [6.07, 6.45) is 4.31. The molecule has 0 unspecified atom stereocenters. The van der Waals surface area contributed by atoms with Gasteiger partial charge in [-0.1, -0.05) is 18.2 Å². The van der Waals surface area contributed by atoms with Crippen molar-refractivity contribution >= 4 is 5.91 Å². The molecule has 1 aliphatic heterocycles. The van der Waals surface area contributed by atoms with Gasteiger partial charge in [-0.3, -0.25) is 14.7 Å². The van der Waals surface area contributed by atoms with Gasteiger partial charge in [-0.05, 0) is 29.3 Å². The lowest BCUT2D eigenvalue weighted by molar-refractivity contribution is -0.118. The van der Waals surface area contributed by atoms with Gasteiger partial charge in [0.1, 0.15) is 5.75 Å². The highest BCUT2D eigenvalue weighted by Crippen LogP contribution is 2.17. The number of aromatic nitrogens is 1. The Morgan fingerprint density at radius 1 is 1.31 bits per heavy atom. The third-order valence-corrected chi connectivity index (χ3v) is 4.46. The predicted octanol–water partition coefficient (Wildman–Crippen LogP) is 1.83. The highest BCUT2D eigenvalue weighted by molar-refractivity contribution is 5.94. The first kappa shape index (κ1) is 17.9. The summed E-state index contributed by atoms with van der Waals surface area (Å²) < 4.78 is 5.21. The number of ether oxygens (including phenoxy) is 1. The molecule has 0 atom stereocenters. The van der Waals surface area contributed by atoms with Gasteiger partial charge in [0.25, 0.3) is 5.91 Å². The molecule has 0 aliphatic carbocycles. The first-order valence-corrected chi connectivity index (χ1v) is 8.65. The molecular weight excluding hydrogens is 328 g/mol. The van der Waals surface area contributed by atoms with Gasteiger partial charge in [0, 0.05) is 56.3 Å². The second-order valence-corrected chi connectivity index (χ2v) is 6.36. The maximum absolute atomic E-state index is 12.6. The summed E-state index contributed by atoms with van der Waals surface area (Å²) in [5.74, 6) is 0.664. The summed E-state index contributed by atoms with van der Waals surface area (Å²) in [5, 5.41) is 2.96. The number of nitrogens with two attached hydrogens (primary N) is 1. The molecule has 0 saturated carbocycles. The summed E-state index contributed by atoms with van der Waals surface area (Å²) >= 11 is 0. The van der Waals surface area contributed by atoms with Crippen molar-refractivity contribution in [2.45, 2.75) is 19.5 Å². The Hall–Kier alpha value is -2.86. The van der Waals surface area contributed by atoms with Gasteiger partial charge < -0.3 is 15.8 Å². The zero-order valence-corrected chi connectivity index (χ0v) is 14.9. The van der Waals surface area contributed by atoms with Gasteiger partial charge in [0.05, 0.1) is 7.11 Å². The van der Waals surface area contributed by atoms with Crippen LogP contribution >= 0.6 is 0 Å². The van der Waals surface area contributed by atoms with E-state index in [1.165, 1.54) is 0 Å². The molecule has 0 fully saturated rings. The molecule has 3 N–H and O–H groups in total. The lowest BCUT2D eigenvalue weighted by Gasteiger charge is -2.29. The molecule has 0 saturated heterocycles. The van der Waals surface area contributed by atoms with Crippen LogP contribution in [0.25, 0.3) is 0 Å². The van der Waals surface area contributed by atoms with E-state index in [0.29, 0.717) is 30.8 Å². The van der Waals surface area contributed by atoms with Crippen molar-refractivity contribution < 1.29 is 9.53 Å². The van der Waals surface area contributed by atoms with E-state index in [1.54, 1.807) is 13.3 Å². The van der Waals surface area contributed by atoms with Crippen molar-refractivity contribution in [2.75, 3.05) is 20.2 Å². The quantitative estimate of drug-likeness (QED) is 0.829. The fourth-order valence-corrected chi connectivity index (χ4v) is 3.01. The molecule has 0 spiro atoms. The maximum Gasteiger partial charge on any atom is 0.250 e. The smallest absolute Gasteiger partial charge is 0.250 e. The van der Waals surface area contributed by atoms with E-state index in [1.807, 2.05) is 42.6 Å². The van der Waals surface area contributed by atoms with E-state index in [0.717, 1.165) is 30.0 Å². The number of hydrogen-bond donors (Lipinski definition) is 2. The zero-order valence-electron chi connectivity index (χ0n) is 14.9. The normalized spacial score (nSPS) is 15.0. The Morgan fingerprint density at radius 2 is 2.15 bits per heavy atom. The number of carbonyl (C=O) groups is 1. The molecule has 2 aromatic rings. The Bertz CT molecular complexity index is 789. The zero-order chi connectivity index (χ0) is 18.4. The second kappa shape index (κ2) is 8.49. The summed E-state index contributed by atoms with van der Waals surface area (Å²) in [4.78, 5) is 19.0. The molecular formula is C20H24N4O2. The Balaban J connectivity index is 1.60. The van der Waals surface area contributed by atoms with Crippen LogP contribution in [0, 0.1) is 0 Å². The van der Waals surface area contributed by atoms with Crippen molar-refractivity contribution in [2.24, 2.45) is 5.73 Å². The fraction of sp³-hybridized carbons (Fsp3) is 0.300. The van der Waals surface area contributed by atoms with Crippen molar-refractivity contribution in [3.63, 3.8) is 0 Å². The highest BCUT2D eigenvalue weighted by atomic mass is 16.5. The Morgan fingerprint density at radius 3 is 2.92 bits per heavy atom. The van der Waals surface area contributed by atoms with Crippen LogP contribution in [0.4, 0.5) is 0 Å². The minimum Gasteiger partial charge on any atom is -0.497 e. The number of methoxy groups -OCH3 is 1. The van der Waals surface area contributed by atoms with Gasteiger partial charge in [-0.2, -0.15) is 0 Å². The average Bonchev–Trinajstić information content (AvgIpc) is 2.68. The summed E-state index contributed by atoms with van der Waals surface area (Å²) in [7, 11) is 1.63. The van der Waals surface area contributed by atoms with Gasteiger partial charge in [-0.15, -0.1) is 0 Å². The minimum atomic E-state index is -0.110. The number of amides is 1.